The molecule has 1 heterocycles. The Labute approximate surface area is 114 Å². The van der Waals surface area contributed by atoms with E-state index in [2.05, 4.69) is 5.32 Å². The van der Waals surface area contributed by atoms with Crippen molar-refractivity contribution in [1.82, 2.24) is 10.2 Å². The van der Waals surface area contributed by atoms with Crippen molar-refractivity contribution in [3.8, 4) is 0 Å². The molecule has 1 amide bonds. The van der Waals surface area contributed by atoms with E-state index in [1.807, 2.05) is 11.8 Å². The number of carbonyl (C=O) groups is 2. The van der Waals surface area contributed by atoms with Gasteiger partial charge in [-0.1, -0.05) is 12.8 Å². The van der Waals surface area contributed by atoms with Gasteiger partial charge in [-0.05, 0) is 38.5 Å². The Morgan fingerprint density at radius 2 is 1.89 bits per heavy atom. The van der Waals surface area contributed by atoms with E-state index >= 15 is 0 Å². The van der Waals surface area contributed by atoms with Crippen LogP contribution in [0.5, 0.6) is 0 Å². The van der Waals surface area contributed by atoms with Crippen LogP contribution in [0.3, 0.4) is 0 Å². The normalized spacial score (nSPS) is 33.3. The van der Waals surface area contributed by atoms with E-state index in [1.165, 1.54) is 12.8 Å². The van der Waals surface area contributed by atoms with E-state index < -0.39 is 12.0 Å². The summed E-state index contributed by atoms with van der Waals surface area (Å²) in [4.78, 5) is 25.4. The molecular formula is C14H24N2O3. The minimum atomic E-state index is -0.792. The monoisotopic (exact) mass is 268 g/mol. The smallest absolute Gasteiger partial charge is 0.320 e. The second-order valence-electron chi connectivity index (χ2n) is 5.78. The first-order valence-electron chi connectivity index (χ1n) is 7.28. The number of nitrogens with zero attached hydrogens (tertiary/aromatic N) is 1. The van der Waals surface area contributed by atoms with E-state index in [-0.39, 0.29) is 18.0 Å². The minimum Gasteiger partial charge on any atom is -0.480 e. The van der Waals surface area contributed by atoms with Gasteiger partial charge < -0.3 is 10.4 Å². The molecule has 2 rings (SSSR count). The first-order chi connectivity index (χ1) is 9.06. The highest BCUT2D eigenvalue weighted by molar-refractivity contribution is 5.82. The molecule has 108 valence electrons. The maximum Gasteiger partial charge on any atom is 0.320 e. The second-order valence-corrected chi connectivity index (χ2v) is 5.78. The van der Waals surface area contributed by atoms with E-state index in [0.717, 1.165) is 19.3 Å². The third kappa shape index (κ3) is 2.76. The number of carboxylic acid groups (broad SMARTS) is 1. The number of rotatable bonds is 3. The lowest BCUT2D eigenvalue weighted by Crippen LogP contribution is -2.61. The molecule has 1 saturated heterocycles. The fraction of sp³-hybridized carbons (Fsp3) is 0.857. The van der Waals surface area contributed by atoms with Gasteiger partial charge in [-0.2, -0.15) is 0 Å². The molecule has 4 atom stereocenters. The van der Waals surface area contributed by atoms with Gasteiger partial charge in [0.05, 0.1) is 6.04 Å². The molecule has 0 bridgehead atoms. The molecule has 0 aromatic heterocycles. The third-order valence-electron chi connectivity index (χ3n) is 4.78. The summed E-state index contributed by atoms with van der Waals surface area (Å²) in [5.74, 6) is -0.311. The minimum absolute atomic E-state index is 0.0857. The molecule has 1 aliphatic carbocycles. The summed E-state index contributed by atoms with van der Waals surface area (Å²) in [6.45, 7) is 1.83. The fourth-order valence-corrected chi connectivity index (χ4v) is 3.82. The number of nitrogens with one attached hydrogen (secondary N) is 1. The molecule has 1 saturated carbocycles. The first-order valence-corrected chi connectivity index (χ1v) is 7.28. The second kappa shape index (κ2) is 5.90. The van der Waals surface area contributed by atoms with Crippen LogP contribution < -0.4 is 5.32 Å². The lowest BCUT2D eigenvalue weighted by Gasteiger charge is -2.49. The standard InChI is InChI=1S/C14H24N2O3/c1-9(13(17)15-2)16-11-6-4-3-5-10(11)7-8-12(16)14(18)19/h9-12H,3-8H2,1-2H3,(H,15,17)(H,18,19). The van der Waals surface area contributed by atoms with Gasteiger partial charge in [-0.3, -0.25) is 14.5 Å². The largest absolute Gasteiger partial charge is 0.480 e. The Morgan fingerprint density at radius 3 is 2.53 bits per heavy atom. The van der Waals surface area contributed by atoms with Crippen molar-refractivity contribution in [3.63, 3.8) is 0 Å². The van der Waals surface area contributed by atoms with Crippen LogP contribution >= 0.6 is 0 Å². The maximum atomic E-state index is 11.9. The van der Waals surface area contributed by atoms with Gasteiger partial charge in [0.25, 0.3) is 0 Å². The van der Waals surface area contributed by atoms with Crippen molar-refractivity contribution < 1.29 is 14.7 Å². The zero-order valence-corrected chi connectivity index (χ0v) is 11.8. The van der Waals surface area contributed by atoms with Crippen LogP contribution in [-0.4, -0.2) is 47.1 Å². The van der Waals surface area contributed by atoms with Crippen LogP contribution in [-0.2, 0) is 9.59 Å². The topological polar surface area (TPSA) is 69.6 Å². The maximum absolute atomic E-state index is 11.9. The van der Waals surface area contributed by atoms with Crippen molar-refractivity contribution in [3.05, 3.63) is 0 Å². The fourth-order valence-electron chi connectivity index (χ4n) is 3.82. The van der Waals surface area contributed by atoms with Crippen molar-refractivity contribution in [2.24, 2.45) is 5.92 Å². The molecule has 5 nitrogen and oxygen atoms in total. The number of likely N-dealkylation sites (N-methyl/N-ethyl adjacent to an activating group) is 1. The van der Waals surface area contributed by atoms with Crippen LogP contribution in [0.4, 0.5) is 0 Å². The number of likely N-dealkylation sites (tertiary alicyclic amines) is 1. The van der Waals surface area contributed by atoms with Crippen LogP contribution in [0, 0.1) is 5.92 Å². The average Bonchev–Trinajstić information content (AvgIpc) is 2.44. The number of piperidine rings is 1. The molecule has 0 radical (unpaired) electrons. The average molecular weight is 268 g/mol. The van der Waals surface area contributed by atoms with Crippen LogP contribution in [0.2, 0.25) is 0 Å². The third-order valence-corrected chi connectivity index (χ3v) is 4.78. The van der Waals surface area contributed by atoms with Gasteiger partial charge in [-0.15, -0.1) is 0 Å². The Bertz CT molecular complexity index is 359. The number of fused-ring (bicyclic) bond motifs is 1. The lowest BCUT2D eigenvalue weighted by atomic mass is 9.75. The Balaban J connectivity index is 2.23. The number of carboxylic acids is 1. The summed E-state index contributed by atoms with van der Waals surface area (Å²) < 4.78 is 0. The molecule has 19 heavy (non-hydrogen) atoms. The molecule has 4 unspecified atom stereocenters. The van der Waals surface area contributed by atoms with Crippen LogP contribution in [0.1, 0.15) is 45.4 Å². The van der Waals surface area contributed by atoms with E-state index in [9.17, 15) is 14.7 Å². The van der Waals surface area contributed by atoms with Gasteiger partial charge in [0, 0.05) is 13.1 Å². The number of amides is 1. The summed E-state index contributed by atoms with van der Waals surface area (Å²) in [6, 6.07) is -0.612. The van der Waals surface area contributed by atoms with Crippen molar-refractivity contribution >= 4 is 11.9 Å². The summed E-state index contributed by atoms with van der Waals surface area (Å²) in [7, 11) is 1.61. The molecule has 5 heteroatoms. The molecule has 0 aromatic carbocycles. The molecule has 2 fully saturated rings. The summed E-state index contributed by atoms with van der Waals surface area (Å²) in [5, 5.41) is 12.1. The highest BCUT2D eigenvalue weighted by atomic mass is 16.4. The van der Waals surface area contributed by atoms with E-state index in [1.54, 1.807) is 7.05 Å². The number of aliphatic carboxylic acids is 1. The highest BCUT2D eigenvalue weighted by Gasteiger charge is 2.44. The predicted molar refractivity (Wildman–Crippen MR) is 71.8 cm³/mol. The van der Waals surface area contributed by atoms with Gasteiger partial charge >= 0.3 is 5.97 Å². The Kier molecular flexibility index (Phi) is 4.45. The zero-order valence-electron chi connectivity index (χ0n) is 11.8. The lowest BCUT2D eigenvalue weighted by molar-refractivity contribution is -0.152. The molecular weight excluding hydrogens is 244 g/mol. The van der Waals surface area contributed by atoms with Crippen LogP contribution in [0.15, 0.2) is 0 Å². The molecule has 0 aromatic rings. The van der Waals surface area contributed by atoms with E-state index in [4.69, 9.17) is 0 Å². The SMILES string of the molecule is CNC(=O)C(C)N1C(C(=O)O)CCC2CCCCC21. The summed E-state index contributed by atoms with van der Waals surface area (Å²) >= 11 is 0. The van der Waals surface area contributed by atoms with Crippen molar-refractivity contribution in [2.75, 3.05) is 7.05 Å². The molecule has 1 aliphatic heterocycles. The highest BCUT2D eigenvalue weighted by Crippen LogP contribution is 2.39. The van der Waals surface area contributed by atoms with Gasteiger partial charge in [0.2, 0.25) is 5.91 Å². The predicted octanol–water partition coefficient (Wildman–Crippen LogP) is 1.23. The Hall–Kier alpha value is -1.10. The van der Waals surface area contributed by atoms with Gasteiger partial charge in [0.15, 0.2) is 0 Å². The van der Waals surface area contributed by atoms with E-state index in [0.29, 0.717) is 12.3 Å². The summed E-state index contributed by atoms with van der Waals surface area (Å²) in [6.07, 6.45) is 6.23. The number of hydrogen-bond acceptors (Lipinski definition) is 3. The van der Waals surface area contributed by atoms with Crippen molar-refractivity contribution in [2.45, 2.75) is 63.6 Å². The summed E-state index contributed by atoms with van der Waals surface area (Å²) in [5.41, 5.74) is 0. The van der Waals surface area contributed by atoms with Crippen LogP contribution in [0.25, 0.3) is 0 Å². The quantitative estimate of drug-likeness (QED) is 0.807. The number of carbonyl (C=O) groups excluding carboxylic acids is 1. The zero-order chi connectivity index (χ0) is 14.0. The van der Waals surface area contributed by atoms with Crippen molar-refractivity contribution in [1.29, 1.82) is 0 Å². The first kappa shape index (κ1) is 14.3. The molecule has 2 aliphatic rings. The molecule has 2 N–H and O–H groups in total. The Morgan fingerprint density at radius 1 is 1.21 bits per heavy atom. The number of hydrogen-bond donors (Lipinski definition) is 2. The van der Waals surface area contributed by atoms with Gasteiger partial charge in [-0.25, -0.2) is 0 Å². The van der Waals surface area contributed by atoms with Gasteiger partial charge in [0.1, 0.15) is 6.04 Å². The molecule has 0 spiro atoms.